The summed E-state index contributed by atoms with van der Waals surface area (Å²) in [4.78, 5) is 15.7. The number of aromatic nitrogens is 1. The summed E-state index contributed by atoms with van der Waals surface area (Å²) < 4.78 is 13.4. The van der Waals surface area contributed by atoms with E-state index in [1.807, 2.05) is 0 Å². The van der Waals surface area contributed by atoms with Crippen LogP contribution < -0.4 is 11.1 Å². The Morgan fingerprint density at radius 3 is 2.79 bits per heavy atom. The molecule has 0 aliphatic carbocycles. The highest BCUT2D eigenvalue weighted by Gasteiger charge is 2.11. The van der Waals surface area contributed by atoms with Crippen molar-refractivity contribution >= 4 is 44.9 Å². The van der Waals surface area contributed by atoms with Crippen LogP contribution in [0.1, 0.15) is 10.4 Å². The molecule has 2 aromatic rings. The number of amides is 1. The van der Waals surface area contributed by atoms with Crippen LogP contribution in [0, 0.1) is 5.82 Å². The molecule has 0 saturated carbocycles. The average molecular weight is 345 g/mol. The van der Waals surface area contributed by atoms with Crippen molar-refractivity contribution < 1.29 is 9.18 Å². The molecule has 4 nitrogen and oxygen atoms in total. The molecule has 7 heteroatoms. The van der Waals surface area contributed by atoms with Gasteiger partial charge >= 0.3 is 0 Å². The molecule has 0 bridgehead atoms. The molecule has 1 aromatic carbocycles. The van der Waals surface area contributed by atoms with Gasteiger partial charge in [-0.1, -0.05) is 11.6 Å². The third kappa shape index (κ3) is 3.21. The zero-order valence-corrected chi connectivity index (χ0v) is 11.8. The van der Waals surface area contributed by atoms with Crippen LogP contribution in [0.15, 0.2) is 34.9 Å². The third-order valence-corrected chi connectivity index (χ3v) is 3.27. The lowest BCUT2D eigenvalue weighted by molar-refractivity contribution is 0.102. The maximum atomic E-state index is 12.9. The lowest BCUT2D eigenvalue weighted by atomic mass is 10.2. The Hall–Kier alpha value is -1.66. The molecule has 0 atom stereocenters. The summed E-state index contributed by atoms with van der Waals surface area (Å²) in [6, 6.07) is 5.36. The Labute approximate surface area is 121 Å². The van der Waals surface area contributed by atoms with Crippen LogP contribution in [-0.4, -0.2) is 10.9 Å². The second-order valence-electron chi connectivity index (χ2n) is 3.67. The molecule has 1 amide bonds. The van der Waals surface area contributed by atoms with Gasteiger partial charge in [-0.2, -0.15) is 0 Å². The fourth-order valence-corrected chi connectivity index (χ4v) is 1.97. The van der Waals surface area contributed by atoms with Gasteiger partial charge in [0.05, 0.1) is 16.3 Å². The summed E-state index contributed by atoms with van der Waals surface area (Å²) in [5.41, 5.74) is 6.16. The SMILES string of the molecule is Nc1ncc(C(=O)Nc2ccc(F)cc2Br)cc1Cl. The molecule has 0 aliphatic heterocycles. The standard InChI is InChI=1S/C12H8BrClFN3O/c13-8-4-7(15)1-2-10(8)18-12(19)6-3-9(14)11(16)17-5-6/h1-5H,(H2,16,17)(H,18,19). The highest BCUT2D eigenvalue weighted by atomic mass is 79.9. The average Bonchev–Trinajstić information content (AvgIpc) is 2.36. The van der Waals surface area contributed by atoms with Crippen LogP contribution in [0.25, 0.3) is 0 Å². The van der Waals surface area contributed by atoms with Gasteiger partial charge in [0.1, 0.15) is 11.6 Å². The van der Waals surface area contributed by atoms with Gasteiger partial charge in [-0.05, 0) is 40.2 Å². The lowest BCUT2D eigenvalue weighted by Gasteiger charge is -2.08. The predicted molar refractivity (Wildman–Crippen MR) is 75.7 cm³/mol. The van der Waals surface area contributed by atoms with Crippen molar-refractivity contribution in [2.75, 3.05) is 11.1 Å². The van der Waals surface area contributed by atoms with Crippen molar-refractivity contribution in [2.45, 2.75) is 0 Å². The van der Waals surface area contributed by atoms with Crippen molar-refractivity contribution in [2.24, 2.45) is 0 Å². The number of nitrogens with one attached hydrogen (secondary N) is 1. The first-order chi connectivity index (χ1) is 8.97. The number of pyridine rings is 1. The summed E-state index contributed by atoms with van der Waals surface area (Å²) in [5, 5.41) is 2.81. The van der Waals surface area contributed by atoms with Crippen molar-refractivity contribution in [1.82, 2.24) is 4.98 Å². The van der Waals surface area contributed by atoms with Gasteiger partial charge in [0.2, 0.25) is 0 Å². The maximum absolute atomic E-state index is 12.9. The Balaban J connectivity index is 2.23. The lowest BCUT2D eigenvalue weighted by Crippen LogP contribution is -2.13. The summed E-state index contributed by atoms with van der Waals surface area (Å²) in [5.74, 6) is -0.662. The fraction of sp³-hybridized carbons (Fsp3) is 0. The van der Waals surface area contributed by atoms with Gasteiger partial charge in [-0.3, -0.25) is 4.79 Å². The predicted octanol–water partition coefficient (Wildman–Crippen LogP) is 3.47. The molecule has 0 radical (unpaired) electrons. The number of rotatable bonds is 2. The van der Waals surface area contributed by atoms with Gasteiger partial charge in [-0.25, -0.2) is 9.37 Å². The van der Waals surface area contributed by atoms with Crippen molar-refractivity contribution in [1.29, 1.82) is 0 Å². The first-order valence-corrected chi connectivity index (χ1v) is 6.32. The van der Waals surface area contributed by atoms with Crippen LogP contribution in [0.5, 0.6) is 0 Å². The highest BCUT2D eigenvalue weighted by molar-refractivity contribution is 9.10. The first kappa shape index (κ1) is 13.8. The van der Waals surface area contributed by atoms with Crippen molar-refractivity contribution in [3.05, 3.63) is 51.3 Å². The van der Waals surface area contributed by atoms with Gasteiger partial charge in [0, 0.05) is 10.7 Å². The smallest absolute Gasteiger partial charge is 0.257 e. The van der Waals surface area contributed by atoms with Gasteiger partial charge in [-0.15, -0.1) is 0 Å². The zero-order valence-electron chi connectivity index (χ0n) is 9.45. The van der Waals surface area contributed by atoms with Crippen LogP contribution in [0.2, 0.25) is 5.02 Å². The van der Waals surface area contributed by atoms with E-state index in [9.17, 15) is 9.18 Å². The number of hydrogen-bond acceptors (Lipinski definition) is 3. The molecule has 2 rings (SSSR count). The molecule has 3 N–H and O–H groups in total. The van der Waals surface area contributed by atoms with E-state index in [1.165, 1.54) is 30.5 Å². The number of benzene rings is 1. The van der Waals surface area contributed by atoms with Crippen LogP contribution >= 0.6 is 27.5 Å². The maximum Gasteiger partial charge on any atom is 0.257 e. The van der Waals surface area contributed by atoms with E-state index in [4.69, 9.17) is 17.3 Å². The van der Waals surface area contributed by atoms with E-state index in [1.54, 1.807) is 0 Å². The van der Waals surface area contributed by atoms with Crippen LogP contribution in [-0.2, 0) is 0 Å². The van der Waals surface area contributed by atoms with E-state index >= 15 is 0 Å². The minimum atomic E-state index is -0.415. The number of carbonyl (C=O) groups is 1. The Morgan fingerprint density at radius 1 is 1.42 bits per heavy atom. The van der Waals surface area contributed by atoms with E-state index in [2.05, 4.69) is 26.2 Å². The molecule has 0 fully saturated rings. The van der Waals surface area contributed by atoms with Gasteiger partial charge in [0.25, 0.3) is 5.91 Å². The molecular formula is C12H8BrClFN3O. The van der Waals surface area contributed by atoms with Crippen LogP contribution in [0.3, 0.4) is 0 Å². The molecule has 1 heterocycles. The zero-order chi connectivity index (χ0) is 14.0. The number of carbonyl (C=O) groups excluding carboxylic acids is 1. The van der Waals surface area contributed by atoms with Gasteiger partial charge < -0.3 is 11.1 Å². The number of nitrogen functional groups attached to an aromatic ring is 1. The quantitative estimate of drug-likeness (QED) is 0.876. The molecule has 0 spiro atoms. The largest absolute Gasteiger partial charge is 0.382 e. The number of nitrogens with zero attached hydrogens (tertiary/aromatic N) is 1. The second-order valence-corrected chi connectivity index (χ2v) is 4.93. The topological polar surface area (TPSA) is 68.0 Å². The minimum absolute atomic E-state index is 0.154. The van der Waals surface area contributed by atoms with Gasteiger partial charge in [0.15, 0.2) is 0 Å². The molecular weight excluding hydrogens is 337 g/mol. The Morgan fingerprint density at radius 2 is 2.16 bits per heavy atom. The monoisotopic (exact) mass is 343 g/mol. The van der Waals surface area contributed by atoms with Crippen molar-refractivity contribution in [3.8, 4) is 0 Å². The summed E-state index contributed by atoms with van der Waals surface area (Å²) >= 11 is 8.94. The Kier molecular flexibility index (Phi) is 4.01. The number of hydrogen-bond donors (Lipinski definition) is 2. The fourth-order valence-electron chi connectivity index (χ4n) is 1.36. The molecule has 0 aliphatic rings. The van der Waals surface area contributed by atoms with E-state index < -0.39 is 11.7 Å². The number of anilines is 2. The van der Waals surface area contributed by atoms with Crippen molar-refractivity contribution in [3.63, 3.8) is 0 Å². The highest BCUT2D eigenvalue weighted by Crippen LogP contribution is 2.24. The summed E-state index contributed by atoms with van der Waals surface area (Å²) in [6.07, 6.45) is 1.31. The number of halogens is 3. The summed E-state index contributed by atoms with van der Waals surface area (Å²) in [6.45, 7) is 0. The van der Waals surface area contributed by atoms with E-state index in [0.717, 1.165) is 0 Å². The third-order valence-electron chi connectivity index (χ3n) is 2.31. The molecule has 0 saturated heterocycles. The Bertz CT molecular complexity index is 651. The first-order valence-electron chi connectivity index (χ1n) is 5.15. The van der Waals surface area contributed by atoms with E-state index in [0.29, 0.717) is 10.2 Å². The molecule has 1 aromatic heterocycles. The second kappa shape index (κ2) is 5.54. The molecule has 0 unspecified atom stereocenters. The molecule has 98 valence electrons. The minimum Gasteiger partial charge on any atom is -0.382 e. The van der Waals surface area contributed by atoms with E-state index in [-0.39, 0.29) is 16.4 Å². The van der Waals surface area contributed by atoms with Crippen LogP contribution in [0.4, 0.5) is 15.9 Å². The summed E-state index contributed by atoms with van der Waals surface area (Å²) in [7, 11) is 0. The normalized spacial score (nSPS) is 10.3. The molecule has 19 heavy (non-hydrogen) atoms. The number of nitrogens with two attached hydrogens (primary N) is 1.